The molecule has 0 aliphatic rings. The largest absolute Gasteiger partial charge is 0.366 e. The average Bonchev–Trinajstić information content (AvgIpc) is 2.56. The molecule has 0 amide bonds. The van der Waals surface area contributed by atoms with Gasteiger partial charge in [0.25, 0.3) is 0 Å². The van der Waals surface area contributed by atoms with Gasteiger partial charge in [-0.15, -0.1) is 11.3 Å². The van der Waals surface area contributed by atoms with E-state index in [2.05, 4.69) is 10.5 Å². The molecule has 0 bridgehead atoms. The van der Waals surface area contributed by atoms with E-state index in [0.717, 1.165) is 0 Å². The quantitative estimate of drug-likeness (QED) is 0.376. The van der Waals surface area contributed by atoms with Crippen molar-refractivity contribution in [2.45, 2.75) is 0 Å². The Morgan fingerprint density at radius 1 is 1.83 bits per heavy atom. The molecule has 0 aliphatic carbocycles. The second kappa shape index (κ2) is 4.74. The number of ketones is 1. The number of rotatable bonds is 5. The van der Waals surface area contributed by atoms with Gasteiger partial charge in [0.2, 0.25) is 5.78 Å². The number of carbonyl (C=O) groups excluding carboxylic acids is 2. The SMILES string of the molecule is O=CCOCC(=O)c1cs[c]n1. The zero-order chi connectivity index (χ0) is 8.81. The number of aldehydes is 1. The molecule has 1 heterocycles. The minimum Gasteiger partial charge on any atom is -0.366 e. The lowest BCUT2D eigenvalue weighted by Crippen LogP contribution is -2.10. The van der Waals surface area contributed by atoms with Crippen molar-refractivity contribution in [2.24, 2.45) is 0 Å². The van der Waals surface area contributed by atoms with E-state index in [1.54, 1.807) is 5.38 Å². The third-order valence-corrected chi connectivity index (χ3v) is 1.63. The summed E-state index contributed by atoms with van der Waals surface area (Å²) in [6.07, 6.45) is 0.598. The van der Waals surface area contributed by atoms with Gasteiger partial charge in [0.15, 0.2) is 5.51 Å². The van der Waals surface area contributed by atoms with Crippen LogP contribution in [0.4, 0.5) is 0 Å². The van der Waals surface area contributed by atoms with Gasteiger partial charge in [0.05, 0.1) is 0 Å². The van der Waals surface area contributed by atoms with Crippen molar-refractivity contribution in [3.63, 3.8) is 0 Å². The average molecular weight is 184 g/mol. The highest BCUT2D eigenvalue weighted by atomic mass is 32.1. The smallest absolute Gasteiger partial charge is 0.207 e. The number of hydrogen-bond donors (Lipinski definition) is 0. The molecule has 0 N–H and O–H groups in total. The van der Waals surface area contributed by atoms with E-state index in [-0.39, 0.29) is 19.0 Å². The van der Waals surface area contributed by atoms with Gasteiger partial charge in [0, 0.05) is 5.38 Å². The molecule has 0 saturated carbocycles. The second-order valence-corrected chi connectivity index (χ2v) is 2.58. The van der Waals surface area contributed by atoms with Gasteiger partial charge in [-0.3, -0.25) is 4.79 Å². The van der Waals surface area contributed by atoms with E-state index in [0.29, 0.717) is 12.0 Å². The predicted molar refractivity (Wildman–Crippen MR) is 42.2 cm³/mol. The first-order valence-corrected chi connectivity index (χ1v) is 4.08. The molecule has 0 atom stereocenters. The van der Waals surface area contributed by atoms with Gasteiger partial charge in [-0.2, -0.15) is 0 Å². The summed E-state index contributed by atoms with van der Waals surface area (Å²) in [5.41, 5.74) is 2.89. The molecule has 1 rings (SSSR count). The van der Waals surface area contributed by atoms with Crippen molar-refractivity contribution in [3.05, 3.63) is 16.6 Å². The first kappa shape index (κ1) is 9.02. The van der Waals surface area contributed by atoms with Crippen molar-refractivity contribution >= 4 is 23.4 Å². The summed E-state index contributed by atoms with van der Waals surface area (Å²) in [7, 11) is 0. The van der Waals surface area contributed by atoms with Gasteiger partial charge in [-0.25, -0.2) is 4.98 Å². The Bertz CT molecular complexity index is 258. The molecule has 12 heavy (non-hydrogen) atoms. The maximum absolute atomic E-state index is 11.1. The standard InChI is InChI=1S/C7H6NO3S/c9-1-2-11-3-7(10)6-4-12-5-8-6/h1,4H,2-3H2. The van der Waals surface area contributed by atoms with Crippen LogP contribution in [0.25, 0.3) is 0 Å². The molecule has 1 aromatic heterocycles. The van der Waals surface area contributed by atoms with Crippen molar-refractivity contribution in [1.82, 2.24) is 4.98 Å². The number of carbonyl (C=O) groups is 2. The summed E-state index contributed by atoms with van der Waals surface area (Å²) in [4.78, 5) is 24.6. The molecule has 63 valence electrons. The third kappa shape index (κ3) is 2.52. The first-order valence-electron chi connectivity index (χ1n) is 3.20. The highest BCUT2D eigenvalue weighted by molar-refractivity contribution is 7.07. The summed E-state index contributed by atoms with van der Waals surface area (Å²) in [6.45, 7) is -0.157. The molecule has 0 unspecified atom stereocenters. The van der Waals surface area contributed by atoms with Crippen LogP contribution in [0.1, 0.15) is 10.5 Å². The van der Waals surface area contributed by atoms with E-state index >= 15 is 0 Å². The zero-order valence-corrected chi connectivity index (χ0v) is 6.97. The van der Waals surface area contributed by atoms with Crippen LogP contribution in [-0.2, 0) is 9.53 Å². The van der Waals surface area contributed by atoms with Crippen LogP contribution in [0.3, 0.4) is 0 Å². The Labute approximate surface area is 73.2 Å². The second-order valence-electron chi connectivity index (χ2n) is 1.93. The number of ether oxygens (including phenoxy) is 1. The molecular formula is C7H6NO3S. The lowest BCUT2D eigenvalue weighted by atomic mass is 10.3. The molecule has 0 fully saturated rings. The predicted octanol–water partition coefficient (Wildman–Crippen LogP) is 0.341. The molecule has 1 aromatic rings. The molecule has 0 spiro atoms. The van der Waals surface area contributed by atoms with Crippen molar-refractivity contribution < 1.29 is 14.3 Å². The fourth-order valence-electron chi connectivity index (χ4n) is 0.586. The fraction of sp³-hybridized carbons (Fsp3) is 0.286. The molecule has 4 nitrogen and oxygen atoms in total. The minimum atomic E-state index is -0.227. The van der Waals surface area contributed by atoms with Crippen molar-refractivity contribution in [3.8, 4) is 0 Å². The Hall–Kier alpha value is -1.07. The molecule has 5 heteroatoms. The highest BCUT2D eigenvalue weighted by Gasteiger charge is 2.06. The number of thiazole rings is 1. The van der Waals surface area contributed by atoms with Gasteiger partial charge in [0.1, 0.15) is 25.2 Å². The van der Waals surface area contributed by atoms with Crippen molar-refractivity contribution in [2.75, 3.05) is 13.2 Å². The fourth-order valence-corrected chi connectivity index (χ4v) is 1.09. The Morgan fingerprint density at radius 2 is 2.67 bits per heavy atom. The van der Waals surface area contributed by atoms with E-state index in [4.69, 9.17) is 4.74 Å². The normalized spacial score (nSPS) is 9.67. The van der Waals surface area contributed by atoms with Gasteiger partial charge in [-0.05, 0) is 0 Å². The number of hydrogen-bond acceptors (Lipinski definition) is 5. The van der Waals surface area contributed by atoms with Crippen LogP contribution in [0.2, 0.25) is 0 Å². The first-order chi connectivity index (χ1) is 5.84. The monoisotopic (exact) mass is 184 g/mol. The Morgan fingerprint density at radius 3 is 3.25 bits per heavy atom. The van der Waals surface area contributed by atoms with Gasteiger partial charge in [-0.1, -0.05) is 0 Å². The minimum absolute atomic E-state index is 0.0560. The van der Waals surface area contributed by atoms with Crippen LogP contribution in [0.15, 0.2) is 5.38 Å². The summed E-state index contributed by atoms with van der Waals surface area (Å²) < 4.78 is 4.70. The highest BCUT2D eigenvalue weighted by Crippen LogP contribution is 2.00. The molecule has 0 aliphatic heterocycles. The van der Waals surface area contributed by atoms with Crippen LogP contribution in [-0.4, -0.2) is 30.3 Å². The van der Waals surface area contributed by atoms with E-state index in [9.17, 15) is 9.59 Å². The summed E-state index contributed by atoms with van der Waals surface area (Å²) in [5, 5.41) is 1.59. The molecular weight excluding hydrogens is 178 g/mol. The maximum atomic E-state index is 11.1. The van der Waals surface area contributed by atoms with E-state index in [1.165, 1.54) is 11.3 Å². The van der Waals surface area contributed by atoms with E-state index < -0.39 is 0 Å². The van der Waals surface area contributed by atoms with Crippen LogP contribution in [0, 0.1) is 5.51 Å². The third-order valence-electron chi connectivity index (χ3n) is 1.09. The number of nitrogens with zero attached hydrogens (tertiary/aromatic N) is 1. The molecule has 0 aromatic carbocycles. The molecule has 1 radical (unpaired) electrons. The van der Waals surface area contributed by atoms with Crippen LogP contribution >= 0.6 is 11.3 Å². The Kier molecular flexibility index (Phi) is 3.56. The lowest BCUT2D eigenvalue weighted by Gasteiger charge is -1.95. The van der Waals surface area contributed by atoms with Crippen LogP contribution < -0.4 is 0 Å². The summed E-state index contributed by atoms with van der Waals surface area (Å²) >= 11 is 1.23. The Balaban J connectivity index is 2.34. The van der Waals surface area contributed by atoms with Crippen LogP contribution in [0.5, 0.6) is 0 Å². The number of aromatic nitrogens is 1. The summed E-state index contributed by atoms with van der Waals surface area (Å²) in [5.74, 6) is -0.227. The van der Waals surface area contributed by atoms with Crippen molar-refractivity contribution in [1.29, 1.82) is 0 Å². The lowest BCUT2D eigenvalue weighted by molar-refractivity contribution is -0.111. The van der Waals surface area contributed by atoms with Gasteiger partial charge >= 0.3 is 0 Å². The molecule has 0 saturated heterocycles. The topological polar surface area (TPSA) is 56.3 Å². The van der Waals surface area contributed by atoms with E-state index in [1.807, 2.05) is 0 Å². The number of Topliss-reactive ketones (excluding diaryl/α,β-unsaturated/α-hetero) is 1. The van der Waals surface area contributed by atoms with Gasteiger partial charge < -0.3 is 9.53 Å². The maximum Gasteiger partial charge on any atom is 0.207 e. The zero-order valence-electron chi connectivity index (χ0n) is 6.15. The summed E-state index contributed by atoms with van der Waals surface area (Å²) in [6, 6.07) is 0.